The summed E-state index contributed by atoms with van der Waals surface area (Å²) < 4.78 is 2.18. The smallest absolute Gasteiger partial charge is 0.160 e. The highest BCUT2D eigenvalue weighted by Gasteiger charge is 2.19. The van der Waals surface area contributed by atoms with Gasteiger partial charge in [-0.1, -0.05) is 0 Å². The van der Waals surface area contributed by atoms with Gasteiger partial charge in [0.1, 0.15) is 11.3 Å². The van der Waals surface area contributed by atoms with E-state index in [9.17, 15) is 0 Å². The van der Waals surface area contributed by atoms with E-state index in [2.05, 4.69) is 40.5 Å². The second-order valence-corrected chi connectivity index (χ2v) is 5.90. The van der Waals surface area contributed by atoms with Crippen LogP contribution in [-0.4, -0.2) is 40.1 Å². The molecule has 2 heterocycles. The summed E-state index contributed by atoms with van der Waals surface area (Å²) in [6.07, 6.45) is 2.85. The van der Waals surface area contributed by atoms with E-state index >= 15 is 0 Å². The predicted molar refractivity (Wildman–Crippen MR) is 79.7 cm³/mol. The van der Waals surface area contributed by atoms with Crippen LogP contribution in [0.1, 0.15) is 37.5 Å². The molecule has 0 radical (unpaired) electrons. The number of halogens is 1. The molecule has 0 aliphatic carbocycles. The monoisotopic (exact) mass is 280 g/mol. The topological polar surface area (TPSA) is 34.0 Å². The molecule has 19 heavy (non-hydrogen) atoms. The maximum Gasteiger partial charge on any atom is 0.160 e. The molecule has 2 aromatic rings. The third-order valence-electron chi connectivity index (χ3n) is 3.27. The van der Waals surface area contributed by atoms with Crippen LogP contribution in [0.2, 0.25) is 0 Å². The molecule has 2 aromatic heterocycles. The summed E-state index contributed by atoms with van der Waals surface area (Å²) in [7, 11) is 4.17. The van der Waals surface area contributed by atoms with Crippen LogP contribution in [0.3, 0.4) is 0 Å². The van der Waals surface area contributed by atoms with Crippen molar-refractivity contribution in [1.29, 1.82) is 0 Å². The molecule has 0 N–H and O–H groups in total. The number of pyridine rings is 1. The van der Waals surface area contributed by atoms with E-state index < -0.39 is 0 Å². The van der Waals surface area contributed by atoms with E-state index in [0.717, 1.165) is 30.0 Å². The molecule has 2 rings (SSSR count). The average Bonchev–Trinajstić information content (AvgIpc) is 2.75. The number of rotatable bonds is 5. The second kappa shape index (κ2) is 5.88. The minimum Gasteiger partial charge on any atom is -0.309 e. The van der Waals surface area contributed by atoms with Crippen molar-refractivity contribution in [2.45, 2.75) is 31.7 Å². The number of alkyl halides is 1. The quantitative estimate of drug-likeness (QED) is 0.789. The lowest BCUT2D eigenvalue weighted by molar-refractivity contribution is 0.357. The Labute approximate surface area is 119 Å². The van der Waals surface area contributed by atoms with Gasteiger partial charge in [-0.3, -0.25) is 0 Å². The summed E-state index contributed by atoms with van der Waals surface area (Å²) in [6, 6.07) is 4.23. The first-order valence-electron chi connectivity index (χ1n) is 6.62. The Bertz CT molecular complexity index is 547. The maximum atomic E-state index is 6.27. The Balaban J connectivity index is 2.41. The Kier molecular flexibility index (Phi) is 4.42. The van der Waals surface area contributed by atoms with Crippen molar-refractivity contribution in [3.8, 4) is 0 Å². The number of hydrogen-bond donors (Lipinski definition) is 0. The summed E-state index contributed by atoms with van der Waals surface area (Å²) in [6.45, 7) is 5.18. The van der Waals surface area contributed by atoms with Crippen molar-refractivity contribution in [3.05, 3.63) is 24.2 Å². The zero-order chi connectivity index (χ0) is 14.0. The number of hydrogen-bond acceptors (Lipinski definition) is 3. The molecule has 0 bridgehead atoms. The fraction of sp³-hybridized carbons (Fsp3) is 0.571. The molecule has 5 heteroatoms. The fourth-order valence-corrected chi connectivity index (χ4v) is 2.39. The first-order valence-corrected chi connectivity index (χ1v) is 7.06. The van der Waals surface area contributed by atoms with Crippen molar-refractivity contribution >= 4 is 22.8 Å². The SMILES string of the molecule is CC(Cl)c1nc2cccnc2n1C(C)CCN(C)C. The predicted octanol–water partition coefficient (Wildman–Crippen LogP) is 3.24. The van der Waals surface area contributed by atoms with Crippen LogP contribution in [0.5, 0.6) is 0 Å². The van der Waals surface area contributed by atoms with Gasteiger partial charge in [0, 0.05) is 12.2 Å². The summed E-state index contributed by atoms with van der Waals surface area (Å²) >= 11 is 6.27. The van der Waals surface area contributed by atoms with Gasteiger partial charge < -0.3 is 9.47 Å². The van der Waals surface area contributed by atoms with Gasteiger partial charge in [0.25, 0.3) is 0 Å². The van der Waals surface area contributed by atoms with E-state index in [1.54, 1.807) is 0 Å². The standard InChI is InChI=1S/C14H21ClN4/c1-10(7-9-18(3)4)19-13(11(2)15)17-12-6-5-8-16-14(12)19/h5-6,8,10-11H,7,9H2,1-4H3. The molecular formula is C14H21ClN4. The van der Waals surface area contributed by atoms with E-state index in [4.69, 9.17) is 11.6 Å². The normalized spacial score (nSPS) is 15.1. The van der Waals surface area contributed by atoms with Gasteiger partial charge in [-0.25, -0.2) is 9.97 Å². The highest BCUT2D eigenvalue weighted by Crippen LogP contribution is 2.28. The van der Waals surface area contributed by atoms with Crippen LogP contribution in [0.15, 0.2) is 18.3 Å². The minimum absolute atomic E-state index is 0.115. The van der Waals surface area contributed by atoms with Gasteiger partial charge in [-0.2, -0.15) is 0 Å². The number of aromatic nitrogens is 3. The van der Waals surface area contributed by atoms with Crippen molar-refractivity contribution in [2.24, 2.45) is 0 Å². The second-order valence-electron chi connectivity index (χ2n) is 5.24. The zero-order valence-electron chi connectivity index (χ0n) is 12.0. The van der Waals surface area contributed by atoms with E-state index in [1.165, 1.54) is 0 Å². The first kappa shape index (κ1) is 14.3. The van der Waals surface area contributed by atoms with Crippen molar-refractivity contribution < 1.29 is 0 Å². The van der Waals surface area contributed by atoms with Crippen molar-refractivity contribution in [2.75, 3.05) is 20.6 Å². The average molecular weight is 281 g/mol. The number of nitrogens with zero attached hydrogens (tertiary/aromatic N) is 4. The molecule has 104 valence electrons. The van der Waals surface area contributed by atoms with Gasteiger partial charge in [0.2, 0.25) is 0 Å². The molecule has 2 atom stereocenters. The highest BCUT2D eigenvalue weighted by atomic mass is 35.5. The van der Waals surface area contributed by atoms with Gasteiger partial charge in [0.15, 0.2) is 5.65 Å². The third kappa shape index (κ3) is 3.07. The molecule has 4 nitrogen and oxygen atoms in total. The molecule has 2 unspecified atom stereocenters. The lowest BCUT2D eigenvalue weighted by Gasteiger charge is -2.20. The van der Waals surface area contributed by atoms with Gasteiger partial charge in [0.05, 0.1) is 5.38 Å². The maximum absolute atomic E-state index is 6.27. The van der Waals surface area contributed by atoms with E-state index in [-0.39, 0.29) is 5.38 Å². The van der Waals surface area contributed by atoms with Crippen molar-refractivity contribution in [3.63, 3.8) is 0 Å². The molecule has 0 amide bonds. The minimum atomic E-state index is -0.115. The summed E-state index contributed by atoms with van der Waals surface area (Å²) in [5, 5.41) is -0.115. The highest BCUT2D eigenvalue weighted by molar-refractivity contribution is 6.20. The zero-order valence-corrected chi connectivity index (χ0v) is 12.7. The van der Waals surface area contributed by atoms with E-state index in [1.807, 2.05) is 25.3 Å². The number of fused-ring (bicyclic) bond motifs is 1. The first-order chi connectivity index (χ1) is 9.00. The molecule has 0 fully saturated rings. The van der Waals surface area contributed by atoms with Crippen molar-refractivity contribution in [1.82, 2.24) is 19.4 Å². The van der Waals surface area contributed by atoms with E-state index in [0.29, 0.717) is 6.04 Å². The van der Waals surface area contributed by atoms with Gasteiger partial charge in [-0.15, -0.1) is 11.6 Å². The third-order valence-corrected chi connectivity index (χ3v) is 3.46. The molecule has 0 spiro atoms. The molecular weight excluding hydrogens is 260 g/mol. The number of imidazole rings is 1. The van der Waals surface area contributed by atoms with Crippen LogP contribution in [0, 0.1) is 0 Å². The molecule has 0 saturated heterocycles. The Morgan fingerprint density at radius 3 is 2.74 bits per heavy atom. The van der Waals surface area contributed by atoms with Crippen LogP contribution in [0.25, 0.3) is 11.2 Å². The fourth-order valence-electron chi connectivity index (χ4n) is 2.24. The Morgan fingerprint density at radius 1 is 1.37 bits per heavy atom. The molecule has 0 aromatic carbocycles. The lowest BCUT2D eigenvalue weighted by atomic mass is 10.2. The summed E-state index contributed by atoms with van der Waals surface area (Å²) in [4.78, 5) is 11.3. The van der Waals surface area contributed by atoms with Crippen LogP contribution in [-0.2, 0) is 0 Å². The lowest BCUT2D eigenvalue weighted by Crippen LogP contribution is -2.19. The van der Waals surface area contributed by atoms with Gasteiger partial charge in [-0.05, 0) is 53.0 Å². The summed E-state index contributed by atoms with van der Waals surface area (Å²) in [5.41, 5.74) is 1.85. The van der Waals surface area contributed by atoms with Gasteiger partial charge >= 0.3 is 0 Å². The van der Waals surface area contributed by atoms with Crippen LogP contribution in [0.4, 0.5) is 0 Å². The Morgan fingerprint density at radius 2 is 2.11 bits per heavy atom. The van der Waals surface area contributed by atoms with Crippen LogP contribution < -0.4 is 0 Å². The van der Waals surface area contributed by atoms with Crippen LogP contribution >= 0.6 is 11.6 Å². The Hall–Kier alpha value is -1.13. The largest absolute Gasteiger partial charge is 0.309 e. The molecule has 0 aliphatic heterocycles. The summed E-state index contributed by atoms with van der Waals surface area (Å²) in [5.74, 6) is 0.904. The molecule has 0 saturated carbocycles. The molecule has 0 aliphatic rings.